The molecule has 1 heterocycles. The van der Waals surface area contributed by atoms with E-state index in [-0.39, 0.29) is 6.04 Å². The molecular formula is C16H19Cl2NS. The van der Waals surface area contributed by atoms with Crippen molar-refractivity contribution in [3.05, 3.63) is 55.2 Å². The highest BCUT2D eigenvalue weighted by Crippen LogP contribution is 2.32. The van der Waals surface area contributed by atoms with Gasteiger partial charge in [-0.15, -0.1) is 11.3 Å². The van der Waals surface area contributed by atoms with Crippen LogP contribution in [0, 0.1) is 13.8 Å². The quantitative estimate of drug-likeness (QED) is 0.757. The van der Waals surface area contributed by atoms with Gasteiger partial charge in [0, 0.05) is 15.8 Å². The fraction of sp³-hybridized carbons (Fsp3) is 0.375. The molecule has 2 aromatic rings. The van der Waals surface area contributed by atoms with Gasteiger partial charge in [0.15, 0.2) is 0 Å². The van der Waals surface area contributed by atoms with Crippen molar-refractivity contribution >= 4 is 34.5 Å². The van der Waals surface area contributed by atoms with E-state index in [1.54, 1.807) is 0 Å². The molecule has 0 aliphatic carbocycles. The first-order valence-electron chi connectivity index (χ1n) is 6.76. The molecule has 1 atom stereocenters. The average Bonchev–Trinajstić information content (AvgIpc) is 2.74. The topological polar surface area (TPSA) is 12.0 Å². The molecule has 0 aliphatic heterocycles. The van der Waals surface area contributed by atoms with E-state index in [9.17, 15) is 0 Å². The summed E-state index contributed by atoms with van der Waals surface area (Å²) < 4.78 is 0. The predicted octanol–water partition coefficient (Wildman–Crippen LogP) is 5.57. The minimum atomic E-state index is 0.286. The van der Waals surface area contributed by atoms with Gasteiger partial charge in [0.1, 0.15) is 0 Å². The standard InChI is InChI=1S/C16H19Cl2NS/c1-4-19-14(15-8-10(2)11(3)20-15)9-12-6-5-7-13(17)16(12)18/h5-8,14,19H,4,9H2,1-3H3. The number of hydrogen-bond acceptors (Lipinski definition) is 2. The van der Waals surface area contributed by atoms with Gasteiger partial charge in [0.25, 0.3) is 0 Å². The minimum Gasteiger partial charge on any atom is -0.309 e. The Hall–Kier alpha value is -0.540. The predicted molar refractivity (Wildman–Crippen MR) is 90.4 cm³/mol. The van der Waals surface area contributed by atoms with Crippen molar-refractivity contribution in [2.45, 2.75) is 33.2 Å². The monoisotopic (exact) mass is 327 g/mol. The smallest absolute Gasteiger partial charge is 0.0624 e. The van der Waals surface area contributed by atoms with Gasteiger partial charge < -0.3 is 5.32 Å². The number of aryl methyl sites for hydroxylation is 2. The van der Waals surface area contributed by atoms with Crippen molar-refractivity contribution in [3.63, 3.8) is 0 Å². The summed E-state index contributed by atoms with van der Waals surface area (Å²) in [5.41, 5.74) is 2.44. The maximum atomic E-state index is 6.31. The van der Waals surface area contributed by atoms with Crippen LogP contribution in [-0.4, -0.2) is 6.54 Å². The lowest BCUT2D eigenvalue weighted by Gasteiger charge is -2.17. The Morgan fingerprint density at radius 3 is 2.60 bits per heavy atom. The molecule has 1 aromatic heterocycles. The third-order valence-corrected chi connectivity index (χ3v) is 5.56. The molecule has 1 N–H and O–H groups in total. The van der Waals surface area contributed by atoms with E-state index in [1.807, 2.05) is 29.5 Å². The van der Waals surface area contributed by atoms with E-state index in [1.165, 1.54) is 15.3 Å². The van der Waals surface area contributed by atoms with Crippen molar-refractivity contribution < 1.29 is 0 Å². The summed E-state index contributed by atoms with van der Waals surface area (Å²) in [6.07, 6.45) is 0.854. The highest BCUT2D eigenvalue weighted by Gasteiger charge is 2.16. The summed E-state index contributed by atoms with van der Waals surface area (Å²) in [7, 11) is 0. The number of thiophene rings is 1. The van der Waals surface area contributed by atoms with E-state index in [4.69, 9.17) is 23.2 Å². The maximum absolute atomic E-state index is 6.31. The number of hydrogen-bond donors (Lipinski definition) is 1. The summed E-state index contributed by atoms with van der Waals surface area (Å²) in [6, 6.07) is 8.39. The van der Waals surface area contributed by atoms with Crippen LogP contribution in [-0.2, 0) is 6.42 Å². The van der Waals surface area contributed by atoms with E-state index in [0.717, 1.165) is 18.5 Å². The Morgan fingerprint density at radius 2 is 2.00 bits per heavy atom. The SMILES string of the molecule is CCNC(Cc1cccc(Cl)c1Cl)c1cc(C)c(C)s1. The van der Waals surface area contributed by atoms with Gasteiger partial charge >= 0.3 is 0 Å². The van der Waals surface area contributed by atoms with Crippen LogP contribution in [0.25, 0.3) is 0 Å². The van der Waals surface area contributed by atoms with Crippen LogP contribution in [0.1, 0.15) is 33.8 Å². The first kappa shape index (κ1) is 15.8. The fourth-order valence-corrected chi connectivity index (χ4v) is 3.73. The fourth-order valence-electron chi connectivity index (χ4n) is 2.22. The van der Waals surface area contributed by atoms with Crippen LogP contribution in [0.3, 0.4) is 0 Å². The Balaban J connectivity index is 2.27. The van der Waals surface area contributed by atoms with Gasteiger partial charge in [-0.05, 0) is 50.1 Å². The number of benzene rings is 1. The third kappa shape index (κ3) is 3.56. The number of halogens is 2. The van der Waals surface area contributed by atoms with Crippen LogP contribution >= 0.6 is 34.5 Å². The molecule has 0 bridgehead atoms. The first-order valence-corrected chi connectivity index (χ1v) is 8.33. The largest absolute Gasteiger partial charge is 0.309 e. The van der Waals surface area contributed by atoms with Crippen LogP contribution in [0.4, 0.5) is 0 Å². The molecule has 2 rings (SSSR count). The summed E-state index contributed by atoms with van der Waals surface area (Å²) in [6.45, 7) is 7.38. The Bertz CT molecular complexity index is 573. The van der Waals surface area contributed by atoms with Gasteiger partial charge in [-0.25, -0.2) is 0 Å². The second-order valence-electron chi connectivity index (χ2n) is 4.92. The van der Waals surface area contributed by atoms with Crippen molar-refractivity contribution in [2.24, 2.45) is 0 Å². The van der Waals surface area contributed by atoms with Crippen LogP contribution in [0.2, 0.25) is 10.0 Å². The first-order chi connectivity index (χ1) is 9.52. The third-order valence-electron chi connectivity index (χ3n) is 3.43. The normalized spacial score (nSPS) is 12.7. The summed E-state index contributed by atoms with van der Waals surface area (Å²) in [4.78, 5) is 2.73. The molecule has 20 heavy (non-hydrogen) atoms. The second-order valence-corrected chi connectivity index (χ2v) is 6.99. The molecule has 108 valence electrons. The van der Waals surface area contributed by atoms with Crippen LogP contribution < -0.4 is 5.32 Å². The minimum absolute atomic E-state index is 0.286. The lowest BCUT2D eigenvalue weighted by molar-refractivity contribution is 0.558. The van der Waals surface area contributed by atoms with Gasteiger partial charge in [0.2, 0.25) is 0 Å². The second kappa shape index (κ2) is 6.95. The Morgan fingerprint density at radius 1 is 1.25 bits per heavy atom. The molecule has 1 aromatic carbocycles. The molecule has 0 radical (unpaired) electrons. The molecule has 0 spiro atoms. The van der Waals surface area contributed by atoms with Crippen molar-refractivity contribution in [3.8, 4) is 0 Å². The highest BCUT2D eigenvalue weighted by molar-refractivity contribution is 7.12. The lowest BCUT2D eigenvalue weighted by Crippen LogP contribution is -2.22. The molecule has 1 unspecified atom stereocenters. The van der Waals surface area contributed by atoms with E-state index in [2.05, 4.69) is 32.2 Å². The molecule has 0 saturated carbocycles. The summed E-state index contributed by atoms with van der Waals surface area (Å²) in [5, 5.41) is 4.84. The van der Waals surface area contributed by atoms with Gasteiger partial charge in [-0.2, -0.15) is 0 Å². The van der Waals surface area contributed by atoms with E-state index in [0.29, 0.717) is 10.0 Å². The molecule has 0 fully saturated rings. The van der Waals surface area contributed by atoms with Crippen LogP contribution in [0.5, 0.6) is 0 Å². The Kier molecular flexibility index (Phi) is 5.50. The molecular weight excluding hydrogens is 309 g/mol. The molecule has 0 saturated heterocycles. The van der Waals surface area contributed by atoms with Crippen LogP contribution in [0.15, 0.2) is 24.3 Å². The van der Waals surface area contributed by atoms with Gasteiger partial charge in [-0.1, -0.05) is 42.3 Å². The lowest BCUT2D eigenvalue weighted by atomic mass is 10.0. The molecule has 1 nitrogen and oxygen atoms in total. The zero-order valence-corrected chi connectivity index (χ0v) is 14.3. The van der Waals surface area contributed by atoms with Gasteiger partial charge in [-0.3, -0.25) is 0 Å². The number of rotatable bonds is 5. The van der Waals surface area contributed by atoms with E-state index < -0.39 is 0 Å². The average molecular weight is 328 g/mol. The maximum Gasteiger partial charge on any atom is 0.0624 e. The van der Waals surface area contributed by atoms with Crippen molar-refractivity contribution in [1.29, 1.82) is 0 Å². The number of likely N-dealkylation sites (N-methyl/N-ethyl adjacent to an activating group) is 1. The Labute approximate surface area is 134 Å². The zero-order chi connectivity index (χ0) is 14.7. The molecule has 4 heteroatoms. The summed E-state index contributed by atoms with van der Waals surface area (Å²) >= 11 is 14.3. The van der Waals surface area contributed by atoms with E-state index >= 15 is 0 Å². The van der Waals surface area contributed by atoms with Crippen molar-refractivity contribution in [2.75, 3.05) is 6.54 Å². The zero-order valence-electron chi connectivity index (χ0n) is 12.0. The highest BCUT2D eigenvalue weighted by atomic mass is 35.5. The molecule has 0 amide bonds. The van der Waals surface area contributed by atoms with Crippen molar-refractivity contribution in [1.82, 2.24) is 5.32 Å². The number of nitrogens with one attached hydrogen (secondary N) is 1. The summed E-state index contributed by atoms with van der Waals surface area (Å²) in [5.74, 6) is 0. The van der Waals surface area contributed by atoms with Gasteiger partial charge in [0.05, 0.1) is 10.0 Å². The molecule has 0 aliphatic rings.